The lowest BCUT2D eigenvalue weighted by molar-refractivity contribution is 0.336. The topological polar surface area (TPSA) is 3.24 Å². The van der Waals surface area contributed by atoms with Crippen molar-refractivity contribution in [3.8, 4) is 0 Å². The van der Waals surface area contributed by atoms with E-state index in [9.17, 15) is 0 Å². The molecule has 0 atom stereocenters. The summed E-state index contributed by atoms with van der Waals surface area (Å²) in [7, 11) is 0. The standard InChI is InChI=1S/C11H14ClN/c12-13-8-6-11(7-9-13)10-4-2-1-3-5-10/h1-5,11H,6-9H2. The molecule has 1 saturated heterocycles. The predicted molar refractivity (Wildman–Crippen MR) is 55.8 cm³/mol. The van der Waals surface area contributed by atoms with E-state index in [0.717, 1.165) is 19.0 Å². The van der Waals surface area contributed by atoms with Gasteiger partial charge >= 0.3 is 0 Å². The summed E-state index contributed by atoms with van der Waals surface area (Å²) in [4.78, 5) is 0. The van der Waals surface area contributed by atoms with E-state index in [2.05, 4.69) is 30.3 Å². The Bertz CT molecular complexity index is 252. The van der Waals surface area contributed by atoms with Gasteiger partial charge in [-0.3, -0.25) is 0 Å². The highest BCUT2D eigenvalue weighted by Crippen LogP contribution is 2.28. The van der Waals surface area contributed by atoms with E-state index in [1.165, 1.54) is 18.4 Å². The van der Waals surface area contributed by atoms with Gasteiger partial charge in [-0.2, -0.15) is 0 Å². The van der Waals surface area contributed by atoms with E-state index in [4.69, 9.17) is 11.8 Å². The lowest BCUT2D eigenvalue weighted by Gasteiger charge is -2.27. The molecular weight excluding hydrogens is 182 g/mol. The molecule has 1 aliphatic rings. The molecule has 2 rings (SSSR count). The molecule has 0 amide bonds. The molecule has 0 unspecified atom stereocenters. The quantitative estimate of drug-likeness (QED) is 0.623. The van der Waals surface area contributed by atoms with E-state index >= 15 is 0 Å². The van der Waals surface area contributed by atoms with Gasteiger partial charge in [0, 0.05) is 13.1 Å². The average molecular weight is 196 g/mol. The fraction of sp³-hybridized carbons (Fsp3) is 0.455. The summed E-state index contributed by atoms with van der Waals surface area (Å²) in [6.07, 6.45) is 2.38. The Labute approximate surface area is 84.4 Å². The van der Waals surface area contributed by atoms with Gasteiger partial charge in [-0.05, 0) is 36.1 Å². The van der Waals surface area contributed by atoms with Gasteiger partial charge in [0.2, 0.25) is 0 Å². The molecule has 0 aromatic heterocycles. The maximum absolute atomic E-state index is 5.90. The molecular formula is C11H14ClN. The molecule has 13 heavy (non-hydrogen) atoms. The summed E-state index contributed by atoms with van der Waals surface area (Å²) < 4.78 is 1.89. The first-order chi connectivity index (χ1) is 6.36. The van der Waals surface area contributed by atoms with Gasteiger partial charge in [-0.1, -0.05) is 30.3 Å². The summed E-state index contributed by atoms with van der Waals surface area (Å²) in [5.74, 6) is 0.719. The second-order valence-corrected chi connectivity index (χ2v) is 4.07. The Kier molecular flexibility index (Phi) is 2.87. The molecule has 0 spiro atoms. The van der Waals surface area contributed by atoms with E-state index in [1.54, 1.807) is 0 Å². The van der Waals surface area contributed by atoms with Crippen LogP contribution in [0.2, 0.25) is 0 Å². The first kappa shape index (κ1) is 9.04. The smallest absolute Gasteiger partial charge is 0.0144 e. The Hall–Kier alpha value is -0.530. The molecule has 1 aliphatic heterocycles. The minimum atomic E-state index is 0.719. The SMILES string of the molecule is ClN1CCC(c2ccccc2)CC1. The van der Waals surface area contributed by atoms with Gasteiger partial charge in [-0.15, -0.1) is 0 Å². The molecule has 0 N–H and O–H groups in total. The van der Waals surface area contributed by atoms with E-state index in [1.807, 2.05) is 4.42 Å². The van der Waals surface area contributed by atoms with Crippen LogP contribution in [0.4, 0.5) is 0 Å². The van der Waals surface area contributed by atoms with E-state index in [-0.39, 0.29) is 0 Å². The third-order valence-electron chi connectivity index (χ3n) is 2.71. The summed E-state index contributed by atoms with van der Waals surface area (Å²) in [5.41, 5.74) is 1.47. The van der Waals surface area contributed by atoms with E-state index in [0.29, 0.717) is 0 Å². The van der Waals surface area contributed by atoms with Crippen molar-refractivity contribution in [1.82, 2.24) is 4.42 Å². The number of halogens is 1. The third kappa shape index (κ3) is 2.23. The molecule has 2 heteroatoms. The molecule has 1 fully saturated rings. The van der Waals surface area contributed by atoms with Gasteiger partial charge < -0.3 is 0 Å². The Morgan fingerprint density at radius 2 is 1.69 bits per heavy atom. The average Bonchev–Trinajstić information content (AvgIpc) is 2.20. The predicted octanol–water partition coefficient (Wildman–Crippen LogP) is 3.02. The molecule has 0 saturated carbocycles. The van der Waals surface area contributed by atoms with Crippen molar-refractivity contribution < 1.29 is 0 Å². The lowest BCUT2D eigenvalue weighted by atomic mass is 9.90. The second-order valence-electron chi connectivity index (χ2n) is 3.59. The van der Waals surface area contributed by atoms with Crippen LogP contribution in [-0.2, 0) is 0 Å². The summed E-state index contributed by atoms with van der Waals surface area (Å²) in [5, 5.41) is 0. The zero-order valence-electron chi connectivity index (χ0n) is 7.62. The number of hydrogen-bond donors (Lipinski definition) is 0. The summed E-state index contributed by atoms with van der Waals surface area (Å²) in [6.45, 7) is 2.03. The first-order valence-corrected chi connectivity index (χ1v) is 5.16. The van der Waals surface area contributed by atoms with Gasteiger partial charge in [0.1, 0.15) is 0 Å². The highest BCUT2D eigenvalue weighted by molar-refractivity contribution is 6.13. The van der Waals surface area contributed by atoms with Crippen molar-refractivity contribution in [3.05, 3.63) is 35.9 Å². The molecule has 0 bridgehead atoms. The van der Waals surface area contributed by atoms with Crippen molar-refractivity contribution in [2.45, 2.75) is 18.8 Å². The Morgan fingerprint density at radius 3 is 2.31 bits per heavy atom. The van der Waals surface area contributed by atoms with Crippen LogP contribution in [0.1, 0.15) is 24.3 Å². The van der Waals surface area contributed by atoms with Crippen molar-refractivity contribution in [2.75, 3.05) is 13.1 Å². The minimum absolute atomic E-state index is 0.719. The summed E-state index contributed by atoms with van der Waals surface area (Å²) in [6, 6.07) is 10.7. The molecule has 70 valence electrons. The van der Waals surface area contributed by atoms with Crippen molar-refractivity contribution >= 4 is 11.8 Å². The fourth-order valence-corrected chi connectivity index (χ4v) is 2.10. The highest BCUT2D eigenvalue weighted by Gasteiger charge is 2.18. The van der Waals surface area contributed by atoms with Crippen molar-refractivity contribution in [1.29, 1.82) is 0 Å². The zero-order valence-corrected chi connectivity index (χ0v) is 8.37. The van der Waals surface area contributed by atoms with Crippen LogP contribution < -0.4 is 0 Å². The minimum Gasteiger partial charge on any atom is -0.220 e. The molecule has 1 aromatic carbocycles. The number of rotatable bonds is 1. The molecule has 0 aliphatic carbocycles. The normalized spacial score (nSPS) is 20.4. The molecule has 0 radical (unpaired) electrons. The highest BCUT2D eigenvalue weighted by atomic mass is 35.5. The maximum atomic E-state index is 5.90. The van der Waals surface area contributed by atoms with Crippen LogP contribution >= 0.6 is 11.8 Å². The van der Waals surface area contributed by atoms with E-state index < -0.39 is 0 Å². The van der Waals surface area contributed by atoms with Crippen LogP contribution in [0.5, 0.6) is 0 Å². The van der Waals surface area contributed by atoms with Crippen molar-refractivity contribution in [2.24, 2.45) is 0 Å². The second kappa shape index (κ2) is 4.12. The zero-order chi connectivity index (χ0) is 9.10. The van der Waals surface area contributed by atoms with Crippen LogP contribution in [0.25, 0.3) is 0 Å². The summed E-state index contributed by atoms with van der Waals surface area (Å²) >= 11 is 5.90. The number of piperidine rings is 1. The van der Waals surface area contributed by atoms with Crippen molar-refractivity contribution in [3.63, 3.8) is 0 Å². The largest absolute Gasteiger partial charge is 0.220 e. The van der Waals surface area contributed by atoms with Gasteiger partial charge in [0.15, 0.2) is 0 Å². The van der Waals surface area contributed by atoms with Crippen LogP contribution in [0, 0.1) is 0 Å². The van der Waals surface area contributed by atoms with Gasteiger partial charge in [0.25, 0.3) is 0 Å². The Balaban J connectivity index is 2.03. The lowest BCUT2D eigenvalue weighted by Crippen LogP contribution is -2.25. The third-order valence-corrected chi connectivity index (χ3v) is 3.05. The monoisotopic (exact) mass is 195 g/mol. The van der Waals surface area contributed by atoms with Crippen LogP contribution in [-0.4, -0.2) is 17.5 Å². The molecule has 1 aromatic rings. The maximum Gasteiger partial charge on any atom is 0.0144 e. The van der Waals surface area contributed by atoms with Crippen LogP contribution in [0.15, 0.2) is 30.3 Å². The molecule has 1 heterocycles. The number of benzene rings is 1. The Morgan fingerprint density at radius 1 is 1.08 bits per heavy atom. The first-order valence-electron chi connectivity index (χ1n) is 4.82. The van der Waals surface area contributed by atoms with Gasteiger partial charge in [-0.25, -0.2) is 4.42 Å². The number of hydrogen-bond acceptors (Lipinski definition) is 1. The van der Waals surface area contributed by atoms with Crippen LogP contribution in [0.3, 0.4) is 0 Å². The van der Waals surface area contributed by atoms with Gasteiger partial charge in [0.05, 0.1) is 0 Å². The fourth-order valence-electron chi connectivity index (χ4n) is 1.91. The molecule has 1 nitrogen and oxygen atoms in total. The number of nitrogens with zero attached hydrogens (tertiary/aromatic N) is 1.